The highest BCUT2D eigenvalue weighted by molar-refractivity contribution is 7.94. The number of aromatic nitrogens is 2. The van der Waals surface area contributed by atoms with E-state index in [0.717, 1.165) is 12.8 Å². The Morgan fingerprint density at radius 2 is 1.56 bits per heavy atom. The Hall–Kier alpha value is -2.87. The Labute approximate surface area is 189 Å². The van der Waals surface area contributed by atoms with E-state index in [9.17, 15) is 21.6 Å². The molecule has 1 aliphatic heterocycles. The summed E-state index contributed by atoms with van der Waals surface area (Å²) in [4.78, 5) is 12.3. The molecule has 1 aliphatic rings. The predicted octanol–water partition coefficient (Wildman–Crippen LogP) is 2.38. The third-order valence-electron chi connectivity index (χ3n) is 4.70. The number of hydrogen-bond donors (Lipinski definition) is 2. The smallest absolute Gasteiger partial charge is 0.291 e. The second-order valence-corrected chi connectivity index (χ2v) is 11.7. The van der Waals surface area contributed by atoms with E-state index in [-0.39, 0.29) is 20.1 Å². The first-order valence-corrected chi connectivity index (χ1v) is 13.3. The molecule has 10 nitrogen and oxygen atoms in total. The zero-order chi connectivity index (χ0) is 22.8. The maximum Gasteiger partial charge on any atom is 0.291 e. The molecule has 0 aliphatic carbocycles. The normalized spacial score (nSPS) is 14.9. The van der Waals surface area contributed by atoms with Gasteiger partial charge in [0.1, 0.15) is 0 Å². The van der Waals surface area contributed by atoms with Crippen LogP contribution in [0.2, 0.25) is 0 Å². The number of amides is 1. The Bertz CT molecular complexity index is 1320. The van der Waals surface area contributed by atoms with Gasteiger partial charge in [0.05, 0.1) is 4.90 Å². The molecular weight excluding hydrogens is 474 g/mol. The molecule has 0 spiro atoms. The SMILES string of the molecule is O=C(Nc1nnc(S(=O)(=O)Nc2ccc(S(=O)(=O)N3CCCC3)cc2)s1)c1ccccc1. The molecule has 2 N–H and O–H groups in total. The van der Waals surface area contributed by atoms with Crippen LogP contribution < -0.4 is 10.0 Å². The minimum atomic E-state index is -4.07. The van der Waals surface area contributed by atoms with Crippen molar-refractivity contribution in [3.8, 4) is 0 Å². The maximum absolute atomic E-state index is 12.6. The number of rotatable bonds is 7. The zero-order valence-corrected chi connectivity index (χ0v) is 19.1. The summed E-state index contributed by atoms with van der Waals surface area (Å²) >= 11 is 0.699. The van der Waals surface area contributed by atoms with Crippen molar-refractivity contribution in [2.45, 2.75) is 22.1 Å². The zero-order valence-electron chi connectivity index (χ0n) is 16.6. The summed E-state index contributed by atoms with van der Waals surface area (Å²) < 4.78 is 53.8. The average Bonchev–Trinajstić information content (AvgIpc) is 3.48. The van der Waals surface area contributed by atoms with Gasteiger partial charge in [-0.25, -0.2) is 8.42 Å². The highest BCUT2D eigenvalue weighted by Crippen LogP contribution is 2.25. The molecule has 1 aromatic heterocycles. The lowest BCUT2D eigenvalue weighted by Gasteiger charge is -2.15. The van der Waals surface area contributed by atoms with Crippen LogP contribution in [0.1, 0.15) is 23.2 Å². The molecule has 1 fully saturated rings. The quantitative estimate of drug-likeness (QED) is 0.482. The van der Waals surface area contributed by atoms with Gasteiger partial charge in [0, 0.05) is 24.3 Å². The number of carbonyl (C=O) groups is 1. The number of hydrogen-bond acceptors (Lipinski definition) is 8. The minimum Gasteiger partial charge on any atom is -0.296 e. The summed E-state index contributed by atoms with van der Waals surface area (Å²) in [6.07, 6.45) is 1.65. The second kappa shape index (κ2) is 8.94. The summed E-state index contributed by atoms with van der Waals surface area (Å²) in [6.45, 7) is 0.966. The molecule has 2 aromatic carbocycles. The summed E-state index contributed by atoms with van der Waals surface area (Å²) in [5, 5.41) is 9.89. The Balaban J connectivity index is 1.45. The van der Waals surface area contributed by atoms with Crippen LogP contribution in [0.3, 0.4) is 0 Å². The molecule has 3 aromatic rings. The topological polar surface area (TPSA) is 138 Å². The largest absolute Gasteiger partial charge is 0.296 e. The van der Waals surface area contributed by atoms with E-state index >= 15 is 0 Å². The standard InChI is InChI=1S/C19H19N5O5S3/c25-17(14-6-2-1-3-7-14)20-18-21-22-19(30-18)31(26,27)23-15-8-10-16(11-9-15)32(28,29)24-12-4-5-13-24/h1-3,6-11,23H,4-5,12-13H2,(H,20,21,25). The number of benzene rings is 2. The Morgan fingerprint density at radius 1 is 0.906 bits per heavy atom. The molecule has 0 unspecified atom stereocenters. The lowest BCUT2D eigenvalue weighted by atomic mass is 10.2. The van der Waals surface area contributed by atoms with Crippen LogP contribution >= 0.6 is 11.3 Å². The van der Waals surface area contributed by atoms with Crippen molar-refractivity contribution in [3.63, 3.8) is 0 Å². The third-order valence-corrected chi connectivity index (χ3v) is 9.20. The van der Waals surface area contributed by atoms with E-state index in [0.29, 0.717) is 30.0 Å². The summed E-state index contributed by atoms with van der Waals surface area (Å²) in [7, 11) is -7.66. The Morgan fingerprint density at radius 3 is 2.22 bits per heavy atom. The summed E-state index contributed by atoms with van der Waals surface area (Å²) in [5.41, 5.74) is 0.574. The fourth-order valence-electron chi connectivity index (χ4n) is 3.10. The molecule has 32 heavy (non-hydrogen) atoms. The number of sulfonamides is 2. The molecule has 4 rings (SSSR count). The first-order chi connectivity index (χ1) is 15.3. The van der Waals surface area contributed by atoms with Gasteiger partial charge >= 0.3 is 0 Å². The molecule has 13 heteroatoms. The first kappa shape index (κ1) is 22.3. The van der Waals surface area contributed by atoms with Gasteiger partial charge in [-0.1, -0.05) is 29.5 Å². The van der Waals surface area contributed by atoms with Gasteiger partial charge < -0.3 is 0 Å². The van der Waals surface area contributed by atoms with Crippen LogP contribution in [0, 0.1) is 0 Å². The monoisotopic (exact) mass is 493 g/mol. The van der Waals surface area contributed by atoms with Gasteiger partial charge in [0.2, 0.25) is 15.2 Å². The molecular formula is C19H19N5O5S3. The van der Waals surface area contributed by atoms with Crippen molar-refractivity contribution < 1.29 is 21.6 Å². The van der Waals surface area contributed by atoms with Crippen LogP contribution in [0.5, 0.6) is 0 Å². The number of anilines is 2. The first-order valence-electron chi connectivity index (χ1n) is 9.59. The molecule has 1 amide bonds. The number of nitrogens with one attached hydrogen (secondary N) is 2. The molecule has 0 bridgehead atoms. The van der Waals surface area contributed by atoms with Gasteiger partial charge in [-0.2, -0.15) is 12.7 Å². The van der Waals surface area contributed by atoms with Crippen LogP contribution in [0.4, 0.5) is 10.8 Å². The van der Waals surface area contributed by atoms with Crippen LogP contribution in [0.25, 0.3) is 0 Å². The van der Waals surface area contributed by atoms with E-state index in [2.05, 4.69) is 20.2 Å². The predicted molar refractivity (Wildman–Crippen MR) is 120 cm³/mol. The van der Waals surface area contributed by atoms with Gasteiger partial charge in [0.15, 0.2) is 0 Å². The van der Waals surface area contributed by atoms with E-state index in [4.69, 9.17) is 0 Å². The number of carbonyl (C=O) groups excluding carboxylic acids is 1. The fourth-order valence-corrected chi connectivity index (χ4v) is 6.57. The average molecular weight is 494 g/mol. The van der Waals surface area contributed by atoms with Crippen molar-refractivity contribution in [1.29, 1.82) is 0 Å². The molecule has 1 saturated heterocycles. The highest BCUT2D eigenvalue weighted by Gasteiger charge is 2.27. The molecule has 0 atom stereocenters. The Kier molecular flexibility index (Phi) is 6.24. The van der Waals surface area contributed by atoms with Gasteiger partial charge in [-0.3, -0.25) is 14.8 Å². The lowest BCUT2D eigenvalue weighted by Crippen LogP contribution is -2.27. The van der Waals surface area contributed by atoms with Crippen LogP contribution in [-0.2, 0) is 20.0 Å². The molecule has 0 saturated carbocycles. The van der Waals surface area contributed by atoms with Crippen LogP contribution in [-0.4, -0.2) is 50.3 Å². The van der Waals surface area contributed by atoms with Crippen molar-refractivity contribution in [2.75, 3.05) is 23.1 Å². The van der Waals surface area contributed by atoms with E-state index in [1.165, 1.54) is 28.6 Å². The molecule has 2 heterocycles. The lowest BCUT2D eigenvalue weighted by molar-refractivity contribution is 0.102. The van der Waals surface area contributed by atoms with Crippen LogP contribution in [0.15, 0.2) is 63.8 Å². The van der Waals surface area contributed by atoms with Crippen molar-refractivity contribution in [2.24, 2.45) is 0 Å². The molecule has 168 valence electrons. The van der Waals surface area contributed by atoms with Crippen molar-refractivity contribution in [3.05, 3.63) is 60.2 Å². The van der Waals surface area contributed by atoms with Crippen molar-refractivity contribution in [1.82, 2.24) is 14.5 Å². The van der Waals surface area contributed by atoms with E-state index in [1.807, 2.05) is 0 Å². The summed E-state index contributed by atoms with van der Waals surface area (Å²) in [5.74, 6) is -0.437. The third kappa shape index (κ3) is 4.80. The maximum atomic E-state index is 12.6. The molecule has 0 radical (unpaired) electrons. The summed E-state index contributed by atoms with van der Waals surface area (Å²) in [6, 6.07) is 13.9. The van der Waals surface area contributed by atoms with Gasteiger partial charge in [0.25, 0.3) is 20.3 Å². The minimum absolute atomic E-state index is 0.0336. The van der Waals surface area contributed by atoms with Crippen molar-refractivity contribution >= 4 is 48.1 Å². The fraction of sp³-hybridized carbons (Fsp3) is 0.211. The number of nitrogens with zero attached hydrogens (tertiary/aromatic N) is 3. The van der Waals surface area contributed by atoms with Gasteiger partial charge in [-0.15, -0.1) is 10.2 Å². The highest BCUT2D eigenvalue weighted by atomic mass is 32.2. The van der Waals surface area contributed by atoms with Gasteiger partial charge in [-0.05, 0) is 49.2 Å². The second-order valence-electron chi connectivity index (χ2n) is 6.93. The van der Waals surface area contributed by atoms with E-state index < -0.39 is 26.0 Å². The van der Waals surface area contributed by atoms with E-state index in [1.54, 1.807) is 30.3 Å².